The molecule has 1 aromatic heterocycles. The first-order chi connectivity index (χ1) is 13.0. The Morgan fingerprint density at radius 3 is 2.67 bits per heavy atom. The van der Waals surface area contributed by atoms with E-state index >= 15 is 0 Å². The van der Waals surface area contributed by atoms with Crippen LogP contribution in [0.25, 0.3) is 0 Å². The van der Waals surface area contributed by atoms with Crippen LogP contribution in [0.5, 0.6) is 0 Å². The van der Waals surface area contributed by atoms with Gasteiger partial charge in [-0.25, -0.2) is 13.1 Å². The second kappa shape index (κ2) is 8.99. The minimum atomic E-state index is -3.66. The molecule has 1 heterocycles. The van der Waals surface area contributed by atoms with Crippen molar-refractivity contribution in [3.8, 4) is 0 Å². The van der Waals surface area contributed by atoms with Gasteiger partial charge in [-0.15, -0.1) is 11.3 Å². The highest BCUT2D eigenvalue weighted by molar-refractivity contribution is 7.89. The third-order valence-electron chi connectivity index (χ3n) is 5.01. The van der Waals surface area contributed by atoms with Gasteiger partial charge < -0.3 is 4.90 Å². The van der Waals surface area contributed by atoms with E-state index in [1.54, 1.807) is 24.1 Å². The molecule has 1 aliphatic carbocycles. The maximum Gasteiger partial charge on any atom is 0.253 e. The van der Waals surface area contributed by atoms with E-state index < -0.39 is 10.0 Å². The molecule has 0 unspecified atom stereocenters. The van der Waals surface area contributed by atoms with E-state index in [1.807, 2.05) is 17.5 Å². The summed E-state index contributed by atoms with van der Waals surface area (Å²) in [6.07, 6.45) is 6.08. The van der Waals surface area contributed by atoms with Gasteiger partial charge in [-0.3, -0.25) is 4.79 Å². The van der Waals surface area contributed by atoms with E-state index in [0.29, 0.717) is 11.5 Å². The van der Waals surface area contributed by atoms with Crippen LogP contribution in [-0.2, 0) is 16.6 Å². The van der Waals surface area contributed by atoms with E-state index in [0.717, 1.165) is 11.4 Å². The number of nitrogens with one attached hydrogen (secondary N) is 1. The fraction of sp³-hybridized carbons (Fsp3) is 0.450. The Balaban J connectivity index is 1.67. The van der Waals surface area contributed by atoms with Gasteiger partial charge in [-0.2, -0.15) is 0 Å². The highest BCUT2D eigenvalue weighted by atomic mass is 32.2. The molecule has 0 atom stereocenters. The van der Waals surface area contributed by atoms with Crippen LogP contribution in [0.3, 0.4) is 0 Å². The van der Waals surface area contributed by atoms with Gasteiger partial charge in [0.2, 0.25) is 10.0 Å². The van der Waals surface area contributed by atoms with E-state index in [4.69, 9.17) is 0 Å². The molecule has 3 rings (SSSR count). The number of sulfonamides is 1. The van der Waals surface area contributed by atoms with Crippen molar-refractivity contribution in [3.05, 3.63) is 52.2 Å². The van der Waals surface area contributed by atoms with Crippen LogP contribution in [-0.4, -0.2) is 32.8 Å². The minimum Gasteiger partial charge on any atom is -0.341 e. The summed E-state index contributed by atoms with van der Waals surface area (Å²) in [5.41, 5.74) is 0.410. The molecule has 27 heavy (non-hydrogen) atoms. The molecular formula is C20H26N2O3S2. The quantitative estimate of drug-likeness (QED) is 0.759. The summed E-state index contributed by atoms with van der Waals surface area (Å²) in [5.74, 6) is 0.419. The lowest BCUT2D eigenvalue weighted by Crippen LogP contribution is -2.32. The number of rotatable bonds is 7. The van der Waals surface area contributed by atoms with E-state index in [2.05, 4.69) is 4.72 Å². The van der Waals surface area contributed by atoms with E-state index in [1.165, 1.54) is 55.6 Å². The van der Waals surface area contributed by atoms with Gasteiger partial charge in [0.05, 0.1) is 4.90 Å². The zero-order chi connectivity index (χ0) is 19.3. The fourth-order valence-electron chi connectivity index (χ4n) is 3.52. The molecule has 1 aliphatic rings. The summed E-state index contributed by atoms with van der Waals surface area (Å²) in [4.78, 5) is 15.5. The Bertz CT molecular complexity index is 857. The van der Waals surface area contributed by atoms with Crippen molar-refractivity contribution in [3.63, 3.8) is 0 Å². The lowest BCUT2D eigenvalue weighted by molar-refractivity contribution is 0.0760. The molecule has 1 amide bonds. The molecule has 2 aromatic rings. The zero-order valence-electron chi connectivity index (χ0n) is 15.6. The SMILES string of the molecule is CN(CC1CCCCC1)C(=O)c1cccc(S(=O)(=O)NCc2cccs2)c1. The Labute approximate surface area is 165 Å². The van der Waals surface area contributed by atoms with Gasteiger partial charge in [0, 0.05) is 30.6 Å². The van der Waals surface area contributed by atoms with Crippen LogP contribution >= 0.6 is 11.3 Å². The predicted molar refractivity (Wildman–Crippen MR) is 108 cm³/mol. The van der Waals surface area contributed by atoms with Crippen LogP contribution in [0.15, 0.2) is 46.7 Å². The lowest BCUT2D eigenvalue weighted by Gasteiger charge is -2.27. The molecule has 1 aromatic carbocycles. The average molecular weight is 407 g/mol. The maximum atomic E-state index is 12.8. The van der Waals surface area contributed by atoms with Gasteiger partial charge in [-0.05, 0) is 48.4 Å². The van der Waals surface area contributed by atoms with Crippen molar-refractivity contribution in [2.24, 2.45) is 5.92 Å². The Kier molecular flexibility index (Phi) is 6.68. The van der Waals surface area contributed by atoms with Crippen molar-refractivity contribution >= 4 is 27.3 Å². The Morgan fingerprint density at radius 2 is 1.96 bits per heavy atom. The maximum absolute atomic E-state index is 12.8. The molecule has 0 bridgehead atoms. The number of amides is 1. The summed E-state index contributed by atoms with van der Waals surface area (Å²) in [6.45, 7) is 0.978. The van der Waals surface area contributed by atoms with Gasteiger partial charge in [0.15, 0.2) is 0 Å². The van der Waals surface area contributed by atoms with E-state index in [9.17, 15) is 13.2 Å². The number of carbonyl (C=O) groups is 1. The normalized spacial score (nSPS) is 15.6. The molecule has 0 spiro atoms. The second-order valence-electron chi connectivity index (χ2n) is 7.12. The van der Waals surface area contributed by atoms with Crippen molar-refractivity contribution in [1.82, 2.24) is 9.62 Å². The molecule has 0 aliphatic heterocycles. The topological polar surface area (TPSA) is 66.5 Å². The number of benzene rings is 1. The predicted octanol–water partition coefficient (Wildman–Crippen LogP) is 3.88. The van der Waals surface area contributed by atoms with Crippen molar-refractivity contribution < 1.29 is 13.2 Å². The number of thiophene rings is 1. The highest BCUT2D eigenvalue weighted by Gasteiger charge is 2.21. The second-order valence-corrected chi connectivity index (χ2v) is 9.92. The molecule has 1 N–H and O–H groups in total. The minimum absolute atomic E-state index is 0.121. The van der Waals surface area contributed by atoms with Crippen LogP contribution in [0.2, 0.25) is 0 Å². The average Bonchev–Trinajstić information content (AvgIpc) is 3.20. The summed E-state index contributed by atoms with van der Waals surface area (Å²) in [5, 5.41) is 1.91. The first kappa shape index (κ1) is 20.0. The smallest absolute Gasteiger partial charge is 0.253 e. The molecule has 1 saturated carbocycles. The molecule has 5 nitrogen and oxygen atoms in total. The lowest BCUT2D eigenvalue weighted by atomic mass is 9.89. The summed E-state index contributed by atoms with van der Waals surface area (Å²) in [6, 6.07) is 10.1. The highest BCUT2D eigenvalue weighted by Crippen LogP contribution is 2.24. The summed E-state index contributed by atoms with van der Waals surface area (Å²) < 4.78 is 27.7. The van der Waals surface area contributed by atoms with Gasteiger partial charge in [-0.1, -0.05) is 31.4 Å². The standard InChI is InChI=1S/C20H26N2O3S2/c1-22(15-16-7-3-2-4-8-16)20(23)17-9-5-11-19(13-17)27(24,25)21-14-18-10-6-12-26-18/h5-6,9-13,16,21H,2-4,7-8,14-15H2,1H3. The third-order valence-corrected chi connectivity index (χ3v) is 7.29. The van der Waals surface area contributed by atoms with Crippen molar-refractivity contribution in [1.29, 1.82) is 0 Å². The van der Waals surface area contributed by atoms with E-state index in [-0.39, 0.29) is 17.3 Å². The van der Waals surface area contributed by atoms with Crippen LogP contribution in [0.4, 0.5) is 0 Å². The summed E-state index contributed by atoms with van der Waals surface area (Å²) in [7, 11) is -1.86. The first-order valence-electron chi connectivity index (χ1n) is 9.33. The number of nitrogens with zero attached hydrogens (tertiary/aromatic N) is 1. The Morgan fingerprint density at radius 1 is 1.19 bits per heavy atom. The number of hydrogen-bond donors (Lipinski definition) is 1. The van der Waals surface area contributed by atoms with Gasteiger partial charge in [0.25, 0.3) is 5.91 Å². The molecule has 7 heteroatoms. The molecular weight excluding hydrogens is 380 g/mol. The number of carbonyl (C=O) groups excluding carboxylic acids is 1. The van der Waals surface area contributed by atoms with Crippen LogP contribution < -0.4 is 4.72 Å². The van der Waals surface area contributed by atoms with Crippen molar-refractivity contribution in [2.75, 3.05) is 13.6 Å². The molecule has 146 valence electrons. The largest absolute Gasteiger partial charge is 0.341 e. The Hall–Kier alpha value is -1.70. The summed E-state index contributed by atoms with van der Waals surface area (Å²) >= 11 is 1.50. The van der Waals surface area contributed by atoms with Crippen LogP contribution in [0, 0.1) is 5.92 Å². The molecule has 1 fully saturated rings. The number of hydrogen-bond acceptors (Lipinski definition) is 4. The molecule has 0 saturated heterocycles. The van der Waals surface area contributed by atoms with Gasteiger partial charge in [0.1, 0.15) is 0 Å². The van der Waals surface area contributed by atoms with Crippen molar-refractivity contribution in [2.45, 2.75) is 43.5 Å². The molecule has 0 radical (unpaired) electrons. The van der Waals surface area contributed by atoms with Gasteiger partial charge >= 0.3 is 0 Å². The monoisotopic (exact) mass is 406 g/mol. The van der Waals surface area contributed by atoms with Crippen LogP contribution in [0.1, 0.15) is 47.3 Å². The zero-order valence-corrected chi connectivity index (χ0v) is 17.2. The fourth-order valence-corrected chi connectivity index (χ4v) is 5.31. The third kappa shape index (κ3) is 5.40. The first-order valence-corrected chi connectivity index (χ1v) is 11.7.